The van der Waals surface area contributed by atoms with Gasteiger partial charge in [0.05, 0.1) is 19.3 Å². The fourth-order valence-corrected chi connectivity index (χ4v) is 4.78. The van der Waals surface area contributed by atoms with E-state index in [0.717, 1.165) is 28.5 Å². The number of carbonyl (C=O) groups is 2. The highest BCUT2D eigenvalue weighted by atomic mass is 32.2. The van der Waals surface area contributed by atoms with Crippen LogP contribution < -0.4 is 5.32 Å². The molecule has 0 bridgehead atoms. The second kappa shape index (κ2) is 9.75. The van der Waals surface area contributed by atoms with Gasteiger partial charge in [-0.15, -0.1) is 0 Å². The SMILES string of the molecule is COC(=O)N1CCc2nc(NC(=O)CCCSCc3ccccc3)sc2C1. The summed E-state index contributed by atoms with van der Waals surface area (Å²) in [6, 6.07) is 10.3. The number of methoxy groups -OCH3 is 1. The first-order chi connectivity index (χ1) is 13.2. The summed E-state index contributed by atoms with van der Waals surface area (Å²) in [7, 11) is 1.38. The van der Waals surface area contributed by atoms with Gasteiger partial charge >= 0.3 is 6.09 Å². The lowest BCUT2D eigenvalue weighted by molar-refractivity contribution is -0.116. The molecule has 1 N–H and O–H groups in total. The van der Waals surface area contributed by atoms with Gasteiger partial charge in [0.1, 0.15) is 0 Å². The highest BCUT2D eigenvalue weighted by molar-refractivity contribution is 7.98. The third kappa shape index (κ3) is 5.71. The molecule has 1 aromatic carbocycles. The van der Waals surface area contributed by atoms with Gasteiger partial charge in [-0.1, -0.05) is 41.7 Å². The van der Waals surface area contributed by atoms with Crippen LogP contribution in [0.25, 0.3) is 0 Å². The molecule has 2 heterocycles. The second-order valence-corrected chi connectivity index (χ2v) is 8.41. The topological polar surface area (TPSA) is 71.5 Å². The first-order valence-electron chi connectivity index (χ1n) is 8.88. The summed E-state index contributed by atoms with van der Waals surface area (Å²) in [6.45, 7) is 1.08. The average Bonchev–Trinajstić information content (AvgIpc) is 3.09. The number of aromatic nitrogens is 1. The van der Waals surface area contributed by atoms with E-state index in [0.29, 0.717) is 31.1 Å². The number of thioether (sulfide) groups is 1. The Kier molecular flexibility index (Phi) is 7.11. The Morgan fingerprint density at radius 2 is 2.15 bits per heavy atom. The van der Waals surface area contributed by atoms with Crippen molar-refractivity contribution >= 4 is 40.2 Å². The third-order valence-corrected chi connectivity index (χ3v) is 6.33. The van der Waals surface area contributed by atoms with Crippen LogP contribution in [0.1, 0.15) is 29.0 Å². The Morgan fingerprint density at radius 1 is 1.33 bits per heavy atom. The summed E-state index contributed by atoms with van der Waals surface area (Å²) >= 11 is 3.28. The zero-order valence-corrected chi connectivity index (χ0v) is 16.9. The van der Waals surface area contributed by atoms with E-state index in [1.54, 1.807) is 4.90 Å². The average molecular weight is 406 g/mol. The minimum atomic E-state index is -0.326. The second-order valence-electron chi connectivity index (χ2n) is 6.22. The van der Waals surface area contributed by atoms with Gasteiger partial charge in [0, 0.05) is 30.0 Å². The van der Waals surface area contributed by atoms with Gasteiger partial charge in [0.15, 0.2) is 5.13 Å². The molecular weight excluding hydrogens is 382 g/mol. The molecule has 0 fully saturated rings. The standard InChI is InChI=1S/C19H23N3O3S2/c1-25-19(24)22-10-9-15-16(12-22)27-18(20-15)21-17(23)8-5-11-26-13-14-6-3-2-4-7-14/h2-4,6-7H,5,8-13H2,1H3,(H,20,21,23). The van der Waals surface area contributed by atoms with Gasteiger partial charge in [-0.2, -0.15) is 11.8 Å². The predicted molar refractivity (Wildman–Crippen MR) is 109 cm³/mol. The molecule has 0 spiro atoms. The minimum Gasteiger partial charge on any atom is -0.453 e. The van der Waals surface area contributed by atoms with Crippen LogP contribution in [0.2, 0.25) is 0 Å². The number of anilines is 1. The molecule has 0 unspecified atom stereocenters. The maximum absolute atomic E-state index is 12.1. The molecule has 2 aromatic rings. The highest BCUT2D eigenvalue weighted by Crippen LogP contribution is 2.28. The van der Waals surface area contributed by atoms with E-state index in [-0.39, 0.29) is 12.0 Å². The quantitative estimate of drug-likeness (QED) is 0.707. The van der Waals surface area contributed by atoms with E-state index in [1.165, 1.54) is 24.0 Å². The van der Waals surface area contributed by atoms with E-state index < -0.39 is 0 Å². The maximum atomic E-state index is 12.1. The number of hydrogen-bond acceptors (Lipinski definition) is 6. The van der Waals surface area contributed by atoms with Gasteiger partial charge in [-0.3, -0.25) is 4.79 Å². The summed E-state index contributed by atoms with van der Waals surface area (Å²) in [4.78, 5) is 30.9. The largest absolute Gasteiger partial charge is 0.453 e. The molecule has 0 saturated heterocycles. The molecule has 3 rings (SSSR count). The lowest BCUT2D eigenvalue weighted by Crippen LogP contribution is -2.35. The Balaban J connectivity index is 1.39. The van der Waals surface area contributed by atoms with Gasteiger partial charge in [0.25, 0.3) is 0 Å². The minimum absolute atomic E-state index is 0.00812. The van der Waals surface area contributed by atoms with E-state index in [9.17, 15) is 9.59 Å². The Bertz CT molecular complexity index is 780. The van der Waals surface area contributed by atoms with Crippen LogP contribution in [0.4, 0.5) is 9.93 Å². The van der Waals surface area contributed by atoms with E-state index >= 15 is 0 Å². The highest BCUT2D eigenvalue weighted by Gasteiger charge is 2.24. The number of thiazole rings is 1. The van der Waals surface area contributed by atoms with Crippen LogP contribution in [-0.2, 0) is 28.2 Å². The summed E-state index contributed by atoms with van der Waals surface area (Å²) in [5.41, 5.74) is 2.27. The molecule has 0 atom stereocenters. The molecule has 1 aliphatic rings. The number of amides is 2. The molecule has 1 aromatic heterocycles. The summed E-state index contributed by atoms with van der Waals surface area (Å²) < 4.78 is 4.77. The molecule has 0 aliphatic carbocycles. The fraction of sp³-hybridized carbons (Fsp3) is 0.421. The summed E-state index contributed by atoms with van der Waals surface area (Å²) in [6.07, 6.45) is 1.69. The monoisotopic (exact) mass is 405 g/mol. The Hall–Kier alpha value is -2.06. The van der Waals surface area contributed by atoms with Crippen molar-refractivity contribution in [3.8, 4) is 0 Å². The molecule has 1 aliphatic heterocycles. The van der Waals surface area contributed by atoms with E-state index in [2.05, 4.69) is 22.4 Å². The van der Waals surface area contributed by atoms with Crippen molar-refractivity contribution in [1.29, 1.82) is 0 Å². The number of benzene rings is 1. The van der Waals surface area contributed by atoms with Gasteiger partial charge in [-0.05, 0) is 17.7 Å². The van der Waals surface area contributed by atoms with Gasteiger partial charge in [-0.25, -0.2) is 9.78 Å². The number of nitrogens with zero attached hydrogens (tertiary/aromatic N) is 2. The smallest absolute Gasteiger partial charge is 0.409 e. The van der Waals surface area contributed by atoms with Crippen molar-refractivity contribution in [1.82, 2.24) is 9.88 Å². The van der Waals surface area contributed by atoms with Crippen LogP contribution in [0.3, 0.4) is 0 Å². The molecule has 6 nitrogen and oxygen atoms in total. The van der Waals surface area contributed by atoms with E-state index in [4.69, 9.17) is 4.74 Å². The molecule has 0 radical (unpaired) electrons. The van der Waals surface area contributed by atoms with Crippen molar-refractivity contribution in [2.75, 3.05) is 24.7 Å². The fourth-order valence-electron chi connectivity index (χ4n) is 2.81. The maximum Gasteiger partial charge on any atom is 0.409 e. The predicted octanol–water partition coefficient (Wildman–Crippen LogP) is 3.92. The molecule has 144 valence electrons. The number of ether oxygens (including phenoxy) is 1. The summed E-state index contributed by atoms with van der Waals surface area (Å²) in [5, 5.41) is 3.51. The van der Waals surface area contributed by atoms with Crippen molar-refractivity contribution < 1.29 is 14.3 Å². The van der Waals surface area contributed by atoms with Crippen LogP contribution in [0.5, 0.6) is 0 Å². The third-order valence-electron chi connectivity index (χ3n) is 4.21. The van der Waals surface area contributed by atoms with Crippen molar-refractivity contribution in [2.24, 2.45) is 0 Å². The van der Waals surface area contributed by atoms with Crippen LogP contribution >= 0.6 is 23.1 Å². The number of nitrogens with one attached hydrogen (secondary N) is 1. The lowest BCUT2D eigenvalue weighted by Gasteiger charge is -2.24. The molecule has 2 amide bonds. The molecule has 0 saturated carbocycles. The molecule has 8 heteroatoms. The summed E-state index contributed by atoms with van der Waals surface area (Å²) in [5.74, 6) is 1.91. The first kappa shape index (κ1) is 19.7. The Morgan fingerprint density at radius 3 is 2.93 bits per heavy atom. The number of carbonyl (C=O) groups excluding carboxylic acids is 2. The van der Waals surface area contributed by atoms with E-state index in [1.807, 2.05) is 30.0 Å². The number of rotatable bonds is 7. The lowest BCUT2D eigenvalue weighted by atomic mass is 10.2. The zero-order chi connectivity index (χ0) is 19.1. The normalized spacial score (nSPS) is 13.1. The number of hydrogen-bond donors (Lipinski definition) is 1. The van der Waals surface area contributed by atoms with Gasteiger partial charge < -0.3 is 15.0 Å². The van der Waals surface area contributed by atoms with Crippen LogP contribution in [0.15, 0.2) is 30.3 Å². The molecular formula is C19H23N3O3S2. The van der Waals surface area contributed by atoms with Crippen molar-refractivity contribution in [3.05, 3.63) is 46.5 Å². The number of fused-ring (bicyclic) bond motifs is 1. The van der Waals surface area contributed by atoms with Gasteiger partial charge in [0.2, 0.25) is 5.91 Å². The Labute approximate surface area is 167 Å². The van der Waals surface area contributed by atoms with Crippen molar-refractivity contribution in [3.63, 3.8) is 0 Å². The molecule has 27 heavy (non-hydrogen) atoms. The van der Waals surface area contributed by atoms with Crippen molar-refractivity contribution in [2.45, 2.75) is 31.6 Å². The van der Waals surface area contributed by atoms with Crippen LogP contribution in [0, 0.1) is 0 Å². The zero-order valence-electron chi connectivity index (χ0n) is 15.3. The van der Waals surface area contributed by atoms with Crippen LogP contribution in [-0.4, -0.2) is 41.3 Å². The first-order valence-corrected chi connectivity index (χ1v) is 10.9.